The summed E-state index contributed by atoms with van der Waals surface area (Å²) < 4.78 is 5.99. The number of carbonyl (C=O) groups excluding carboxylic acids is 1. The van der Waals surface area contributed by atoms with E-state index in [4.69, 9.17) is 4.74 Å². The van der Waals surface area contributed by atoms with Crippen LogP contribution in [-0.4, -0.2) is 5.97 Å². The Balaban J connectivity index is 1.79. The van der Waals surface area contributed by atoms with Crippen LogP contribution in [0.5, 0.6) is 0 Å². The summed E-state index contributed by atoms with van der Waals surface area (Å²) in [5.41, 5.74) is 3.21. The van der Waals surface area contributed by atoms with Gasteiger partial charge >= 0.3 is 5.97 Å². The molecule has 1 aliphatic heterocycles. The van der Waals surface area contributed by atoms with Gasteiger partial charge in [-0.3, -0.25) is 0 Å². The molecule has 3 aromatic rings. The number of esters is 1. The van der Waals surface area contributed by atoms with Crippen LogP contribution in [0.4, 0.5) is 0 Å². The van der Waals surface area contributed by atoms with Gasteiger partial charge in [-0.2, -0.15) is 0 Å². The maximum Gasteiger partial charge on any atom is 0.339 e. The molecule has 1 heterocycles. The molecule has 0 aromatic heterocycles. The van der Waals surface area contributed by atoms with E-state index in [1.54, 1.807) is 0 Å². The lowest BCUT2D eigenvalue weighted by Crippen LogP contribution is -2.28. The van der Waals surface area contributed by atoms with Gasteiger partial charge in [0.1, 0.15) is 0 Å². The Morgan fingerprint density at radius 2 is 1.38 bits per heavy atom. The molecule has 2 nitrogen and oxygen atoms in total. The molecule has 0 radical (unpaired) electrons. The van der Waals surface area contributed by atoms with Crippen LogP contribution in [0.25, 0.3) is 0 Å². The summed E-state index contributed by atoms with van der Waals surface area (Å²) in [7, 11) is 0. The summed E-state index contributed by atoms with van der Waals surface area (Å²) in [5, 5.41) is 0. The quantitative estimate of drug-likeness (QED) is 0.651. The second-order valence-electron chi connectivity index (χ2n) is 6.11. The van der Waals surface area contributed by atoms with Gasteiger partial charge in [0.2, 0.25) is 0 Å². The molecule has 0 amide bonds. The van der Waals surface area contributed by atoms with Gasteiger partial charge in [0.15, 0.2) is 5.60 Å². The van der Waals surface area contributed by atoms with Crippen molar-refractivity contribution in [1.82, 2.24) is 0 Å². The van der Waals surface area contributed by atoms with E-state index >= 15 is 0 Å². The fourth-order valence-corrected chi connectivity index (χ4v) is 3.50. The van der Waals surface area contributed by atoms with Crippen molar-refractivity contribution in [2.45, 2.75) is 18.4 Å². The molecule has 0 fully saturated rings. The van der Waals surface area contributed by atoms with Crippen LogP contribution in [0, 0.1) is 0 Å². The van der Waals surface area contributed by atoms with Crippen LogP contribution < -0.4 is 0 Å². The number of cyclic esters (lactones) is 1. The Labute approximate surface area is 141 Å². The minimum absolute atomic E-state index is 0.234. The maximum atomic E-state index is 12.4. The summed E-state index contributed by atoms with van der Waals surface area (Å²) in [4.78, 5) is 12.4. The van der Waals surface area contributed by atoms with Crippen molar-refractivity contribution in [3.8, 4) is 0 Å². The first-order valence-corrected chi connectivity index (χ1v) is 8.22. The Hall–Kier alpha value is -2.87. The minimum atomic E-state index is -0.704. The van der Waals surface area contributed by atoms with Crippen molar-refractivity contribution < 1.29 is 9.53 Å². The van der Waals surface area contributed by atoms with Gasteiger partial charge in [0, 0.05) is 11.1 Å². The first kappa shape index (κ1) is 14.7. The van der Waals surface area contributed by atoms with Crippen LogP contribution in [-0.2, 0) is 16.8 Å². The summed E-state index contributed by atoms with van der Waals surface area (Å²) in [5.74, 6) is -0.234. The highest BCUT2D eigenvalue weighted by Gasteiger charge is 2.46. The molecular weight excluding hydrogens is 296 g/mol. The normalized spacial score (nSPS) is 18.9. The van der Waals surface area contributed by atoms with E-state index in [-0.39, 0.29) is 5.97 Å². The second kappa shape index (κ2) is 5.97. The Morgan fingerprint density at radius 1 is 0.750 bits per heavy atom. The van der Waals surface area contributed by atoms with Crippen molar-refractivity contribution in [2.75, 3.05) is 0 Å². The highest BCUT2D eigenvalue weighted by atomic mass is 16.6. The number of fused-ring (bicyclic) bond motifs is 1. The topological polar surface area (TPSA) is 26.3 Å². The largest absolute Gasteiger partial charge is 0.446 e. The third-order valence-electron chi connectivity index (χ3n) is 4.70. The van der Waals surface area contributed by atoms with Crippen LogP contribution in [0.15, 0.2) is 84.9 Å². The average molecular weight is 314 g/mol. The van der Waals surface area contributed by atoms with Crippen LogP contribution in [0.3, 0.4) is 0 Å². The monoisotopic (exact) mass is 314 g/mol. The third kappa shape index (κ3) is 2.41. The molecule has 3 aromatic carbocycles. The number of hydrogen-bond acceptors (Lipinski definition) is 2. The molecule has 1 atom stereocenters. The SMILES string of the molecule is O=C1OC(CCc2ccccc2)(c2ccccc2)c2ccccc21. The molecule has 2 heteroatoms. The molecule has 118 valence electrons. The predicted octanol–water partition coefficient (Wildman–Crippen LogP) is 4.73. The molecule has 1 unspecified atom stereocenters. The van der Waals surface area contributed by atoms with Crippen LogP contribution >= 0.6 is 0 Å². The number of rotatable bonds is 4. The van der Waals surface area contributed by atoms with E-state index in [9.17, 15) is 4.79 Å². The number of ether oxygens (including phenoxy) is 1. The van der Waals surface area contributed by atoms with Crippen LogP contribution in [0.2, 0.25) is 0 Å². The van der Waals surface area contributed by atoms with Crippen LogP contribution in [0.1, 0.15) is 33.5 Å². The highest BCUT2D eigenvalue weighted by Crippen LogP contribution is 2.45. The van der Waals surface area contributed by atoms with Gasteiger partial charge in [0.05, 0.1) is 5.56 Å². The van der Waals surface area contributed by atoms with Gasteiger partial charge in [-0.15, -0.1) is 0 Å². The molecule has 0 spiro atoms. The van der Waals surface area contributed by atoms with Gasteiger partial charge < -0.3 is 4.74 Å². The fraction of sp³-hybridized carbons (Fsp3) is 0.136. The Morgan fingerprint density at radius 3 is 2.12 bits per heavy atom. The standard InChI is InChI=1S/C22H18O2/c23-21-19-13-7-8-14-20(19)22(24-21,18-11-5-2-6-12-18)16-15-17-9-3-1-4-10-17/h1-14H,15-16H2. The zero-order chi connectivity index (χ0) is 16.4. The molecule has 0 aliphatic carbocycles. The lowest BCUT2D eigenvalue weighted by molar-refractivity contribution is 0.00733. The van der Waals surface area contributed by atoms with E-state index < -0.39 is 5.60 Å². The van der Waals surface area contributed by atoms with E-state index in [0.717, 1.165) is 24.0 Å². The Bertz CT molecular complexity index is 855. The zero-order valence-corrected chi connectivity index (χ0v) is 13.3. The average Bonchev–Trinajstić information content (AvgIpc) is 2.95. The van der Waals surface area contributed by atoms with Crippen molar-refractivity contribution >= 4 is 5.97 Å². The maximum absolute atomic E-state index is 12.4. The molecular formula is C22H18O2. The van der Waals surface area contributed by atoms with Gasteiger partial charge in [-0.05, 0) is 24.5 Å². The van der Waals surface area contributed by atoms with E-state index in [2.05, 4.69) is 12.1 Å². The smallest absolute Gasteiger partial charge is 0.339 e. The van der Waals surface area contributed by atoms with Gasteiger partial charge in [0.25, 0.3) is 0 Å². The molecule has 0 N–H and O–H groups in total. The number of carbonyl (C=O) groups is 1. The van der Waals surface area contributed by atoms with Gasteiger partial charge in [-0.1, -0.05) is 78.9 Å². The first-order valence-electron chi connectivity index (χ1n) is 8.22. The molecule has 0 saturated heterocycles. The van der Waals surface area contributed by atoms with Gasteiger partial charge in [-0.25, -0.2) is 4.79 Å². The first-order chi connectivity index (χ1) is 11.8. The number of aryl methyl sites for hydroxylation is 1. The summed E-state index contributed by atoms with van der Waals surface area (Å²) in [6, 6.07) is 28.1. The van der Waals surface area contributed by atoms with E-state index in [1.165, 1.54) is 5.56 Å². The van der Waals surface area contributed by atoms with Crippen molar-refractivity contribution in [3.63, 3.8) is 0 Å². The minimum Gasteiger partial charge on any atom is -0.446 e. The van der Waals surface area contributed by atoms with E-state index in [0.29, 0.717) is 5.56 Å². The molecule has 0 saturated carbocycles. The Kier molecular flexibility index (Phi) is 3.66. The number of hydrogen-bond donors (Lipinski definition) is 0. The zero-order valence-electron chi connectivity index (χ0n) is 13.3. The third-order valence-corrected chi connectivity index (χ3v) is 4.70. The summed E-state index contributed by atoms with van der Waals surface area (Å²) >= 11 is 0. The fourth-order valence-electron chi connectivity index (χ4n) is 3.50. The lowest BCUT2D eigenvalue weighted by Gasteiger charge is -2.29. The predicted molar refractivity (Wildman–Crippen MR) is 93.8 cm³/mol. The molecule has 0 bridgehead atoms. The van der Waals surface area contributed by atoms with E-state index in [1.807, 2.05) is 72.8 Å². The molecule has 1 aliphatic rings. The summed E-state index contributed by atoms with van der Waals surface area (Å²) in [6.07, 6.45) is 1.57. The second-order valence-corrected chi connectivity index (χ2v) is 6.11. The summed E-state index contributed by atoms with van der Waals surface area (Å²) in [6.45, 7) is 0. The highest BCUT2D eigenvalue weighted by molar-refractivity contribution is 5.95. The molecule has 4 rings (SSSR count). The van der Waals surface area contributed by atoms with Crippen molar-refractivity contribution in [3.05, 3.63) is 107 Å². The number of benzene rings is 3. The lowest BCUT2D eigenvalue weighted by atomic mass is 9.81. The van der Waals surface area contributed by atoms with Crippen molar-refractivity contribution in [2.24, 2.45) is 0 Å². The van der Waals surface area contributed by atoms with Crippen molar-refractivity contribution in [1.29, 1.82) is 0 Å². The molecule has 24 heavy (non-hydrogen) atoms.